The SMILES string of the molecule is Cc1ccc(OC(N)=S)c(C(C)(C)C)c1. The van der Waals surface area contributed by atoms with E-state index < -0.39 is 0 Å². The number of ether oxygens (including phenoxy) is 1. The Hall–Kier alpha value is -1.09. The van der Waals surface area contributed by atoms with E-state index in [0.717, 1.165) is 11.3 Å². The highest BCUT2D eigenvalue weighted by Crippen LogP contribution is 2.32. The third kappa shape index (κ3) is 3.20. The molecule has 0 aliphatic rings. The summed E-state index contributed by atoms with van der Waals surface area (Å²) in [6.45, 7) is 8.45. The first-order valence-corrected chi connectivity index (χ1v) is 5.30. The van der Waals surface area contributed by atoms with E-state index in [-0.39, 0.29) is 10.6 Å². The van der Waals surface area contributed by atoms with Gasteiger partial charge < -0.3 is 10.5 Å². The molecule has 0 bridgehead atoms. The van der Waals surface area contributed by atoms with Crippen LogP contribution >= 0.6 is 12.2 Å². The van der Waals surface area contributed by atoms with Crippen molar-refractivity contribution in [2.24, 2.45) is 5.73 Å². The lowest BCUT2D eigenvalue weighted by molar-refractivity contribution is 0.507. The van der Waals surface area contributed by atoms with Crippen molar-refractivity contribution < 1.29 is 4.74 Å². The van der Waals surface area contributed by atoms with Crippen molar-refractivity contribution >= 4 is 17.4 Å². The van der Waals surface area contributed by atoms with Gasteiger partial charge in [0.15, 0.2) is 0 Å². The summed E-state index contributed by atoms with van der Waals surface area (Å²) >= 11 is 4.75. The highest BCUT2D eigenvalue weighted by atomic mass is 32.1. The number of thiocarbonyl (C=S) groups is 1. The maximum absolute atomic E-state index is 5.38. The van der Waals surface area contributed by atoms with Gasteiger partial charge >= 0.3 is 0 Å². The molecule has 2 N–H and O–H groups in total. The number of benzene rings is 1. The van der Waals surface area contributed by atoms with E-state index in [1.165, 1.54) is 5.56 Å². The lowest BCUT2D eigenvalue weighted by Gasteiger charge is -2.22. The van der Waals surface area contributed by atoms with Crippen LogP contribution in [0.5, 0.6) is 5.75 Å². The van der Waals surface area contributed by atoms with Crippen molar-refractivity contribution in [2.75, 3.05) is 0 Å². The zero-order valence-corrected chi connectivity index (χ0v) is 10.4. The van der Waals surface area contributed by atoms with Crippen molar-refractivity contribution in [3.8, 4) is 5.75 Å². The molecule has 0 heterocycles. The fourth-order valence-electron chi connectivity index (χ4n) is 1.43. The Bertz CT molecular complexity index is 380. The zero-order valence-electron chi connectivity index (χ0n) is 9.63. The van der Waals surface area contributed by atoms with Crippen molar-refractivity contribution in [3.05, 3.63) is 29.3 Å². The Morgan fingerprint density at radius 3 is 2.40 bits per heavy atom. The molecule has 0 atom stereocenters. The third-order valence-corrected chi connectivity index (χ3v) is 2.24. The van der Waals surface area contributed by atoms with Crippen LogP contribution in [0, 0.1) is 6.92 Å². The van der Waals surface area contributed by atoms with Crippen molar-refractivity contribution in [1.82, 2.24) is 0 Å². The quantitative estimate of drug-likeness (QED) is 0.743. The summed E-state index contributed by atoms with van der Waals surface area (Å²) in [5.41, 5.74) is 7.73. The predicted octanol–water partition coefficient (Wildman–Crippen LogP) is 2.91. The largest absolute Gasteiger partial charge is 0.432 e. The summed E-state index contributed by atoms with van der Waals surface area (Å²) in [7, 11) is 0. The third-order valence-electron chi connectivity index (χ3n) is 2.15. The molecule has 0 amide bonds. The van der Waals surface area contributed by atoms with E-state index in [1.807, 2.05) is 12.1 Å². The average Bonchev–Trinajstić information content (AvgIpc) is 2.05. The predicted molar refractivity (Wildman–Crippen MR) is 67.3 cm³/mol. The Morgan fingerprint density at radius 2 is 1.93 bits per heavy atom. The van der Waals surface area contributed by atoms with Crippen LogP contribution in [-0.2, 0) is 5.41 Å². The molecule has 1 aromatic rings. The van der Waals surface area contributed by atoms with Crippen LogP contribution in [0.1, 0.15) is 31.9 Å². The smallest absolute Gasteiger partial charge is 0.259 e. The zero-order chi connectivity index (χ0) is 11.6. The molecule has 0 saturated heterocycles. The molecule has 0 radical (unpaired) electrons. The average molecular weight is 223 g/mol. The molecular weight excluding hydrogens is 206 g/mol. The van der Waals surface area contributed by atoms with E-state index in [0.29, 0.717) is 0 Å². The molecule has 3 heteroatoms. The van der Waals surface area contributed by atoms with Crippen LogP contribution in [-0.4, -0.2) is 5.17 Å². The number of nitrogens with two attached hydrogens (primary N) is 1. The van der Waals surface area contributed by atoms with Gasteiger partial charge in [0.25, 0.3) is 5.17 Å². The minimum Gasteiger partial charge on any atom is -0.432 e. The molecular formula is C12H17NOS. The number of hydrogen-bond donors (Lipinski definition) is 1. The summed E-state index contributed by atoms with van der Waals surface area (Å²) < 4.78 is 5.34. The minimum atomic E-state index is 0.0200. The first-order valence-electron chi connectivity index (χ1n) is 4.89. The molecule has 1 rings (SSSR count). The monoisotopic (exact) mass is 223 g/mol. The molecule has 0 spiro atoms. The van der Waals surface area contributed by atoms with E-state index >= 15 is 0 Å². The highest BCUT2D eigenvalue weighted by Gasteiger charge is 2.19. The number of hydrogen-bond acceptors (Lipinski definition) is 2. The van der Waals surface area contributed by atoms with Gasteiger partial charge in [0, 0.05) is 5.56 Å². The molecule has 2 nitrogen and oxygen atoms in total. The molecule has 1 aromatic carbocycles. The van der Waals surface area contributed by atoms with E-state index in [4.69, 9.17) is 22.7 Å². The van der Waals surface area contributed by atoms with Crippen LogP contribution in [0.4, 0.5) is 0 Å². The summed E-state index contributed by atoms with van der Waals surface area (Å²) in [4.78, 5) is 0. The Balaban J connectivity index is 3.20. The number of rotatable bonds is 1. The van der Waals surface area contributed by atoms with Gasteiger partial charge in [-0.15, -0.1) is 0 Å². The van der Waals surface area contributed by atoms with Gasteiger partial charge in [-0.25, -0.2) is 0 Å². The molecule has 0 aromatic heterocycles. The first-order chi connectivity index (χ1) is 6.80. The second-order valence-electron chi connectivity index (χ2n) is 4.67. The molecule has 0 saturated carbocycles. The van der Waals surface area contributed by atoms with Gasteiger partial charge in [-0.1, -0.05) is 38.5 Å². The Kier molecular flexibility index (Phi) is 3.35. The molecule has 0 aliphatic heterocycles. The molecule has 0 unspecified atom stereocenters. The maximum Gasteiger partial charge on any atom is 0.259 e. The first kappa shape index (κ1) is 12.0. The fourth-order valence-corrected chi connectivity index (χ4v) is 1.52. The van der Waals surface area contributed by atoms with Crippen LogP contribution < -0.4 is 10.5 Å². The Labute approximate surface area is 96.4 Å². The maximum atomic E-state index is 5.38. The molecule has 15 heavy (non-hydrogen) atoms. The number of aryl methyl sites for hydroxylation is 1. The summed E-state index contributed by atoms with van der Waals surface area (Å²) in [5, 5.41) is 0.0596. The van der Waals surface area contributed by atoms with Crippen LogP contribution in [0.25, 0.3) is 0 Å². The van der Waals surface area contributed by atoms with Crippen molar-refractivity contribution in [1.29, 1.82) is 0 Å². The standard InChI is InChI=1S/C12H17NOS/c1-8-5-6-10(14-11(13)15)9(7-8)12(2,3)4/h5-7H,1-4H3,(H2,13,15). The van der Waals surface area contributed by atoms with Gasteiger partial charge in [-0.05, 0) is 30.6 Å². The van der Waals surface area contributed by atoms with Crippen LogP contribution in [0.3, 0.4) is 0 Å². The summed E-state index contributed by atoms with van der Waals surface area (Å²) in [5.74, 6) is 0.751. The van der Waals surface area contributed by atoms with Gasteiger partial charge in [-0.2, -0.15) is 0 Å². The molecule has 0 aliphatic carbocycles. The summed E-state index contributed by atoms with van der Waals surface area (Å²) in [6, 6.07) is 6.01. The van der Waals surface area contributed by atoms with Crippen LogP contribution in [0.2, 0.25) is 0 Å². The van der Waals surface area contributed by atoms with E-state index in [9.17, 15) is 0 Å². The van der Waals surface area contributed by atoms with Crippen molar-refractivity contribution in [2.45, 2.75) is 33.1 Å². The van der Waals surface area contributed by atoms with E-state index in [1.54, 1.807) is 0 Å². The minimum absolute atomic E-state index is 0.0200. The van der Waals surface area contributed by atoms with E-state index in [2.05, 4.69) is 33.8 Å². The normalized spacial score (nSPS) is 11.2. The van der Waals surface area contributed by atoms with Crippen molar-refractivity contribution in [3.63, 3.8) is 0 Å². The van der Waals surface area contributed by atoms with Gasteiger partial charge in [0.2, 0.25) is 0 Å². The van der Waals surface area contributed by atoms with Gasteiger partial charge in [0.1, 0.15) is 5.75 Å². The summed E-state index contributed by atoms with van der Waals surface area (Å²) in [6.07, 6.45) is 0. The van der Waals surface area contributed by atoms with Gasteiger partial charge in [0.05, 0.1) is 0 Å². The lowest BCUT2D eigenvalue weighted by atomic mass is 9.85. The molecule has 0 fully saturated rings. The Morgan fingerprint density at radius 1 is 1.33 bits per heavy atom. The lowest BCUT2D eigenvalue weighted by Crippen LogP contribution is -2.20. The molecule has 82 valence electrons. The topological polar surface area (TPSA) is 35.2 Å². The second kappa shape index (κ2) is 4.19. The van der Waals surface area contributed by atoms with Gasteiger partial charge in [-0.3, -0.25) is 0 Å². The second-order valence-corrected chi connectivity index (χ2v) is 5.07. The highest BCUT2D eigenvalue weighted by molar-refractivity contribution is 7.80. The fraction of sp³-hybridized carbons (Fsp3) is 0.417. The van der Waals surface area contributed by atoms with Crippen LogP contribution in [0.15, 0.2) is 18.2 Å².